The maximum absolute atomic E-state index is 5.87. The summed E-state index contributed by atoms with van der Waals surface area (Å²) in [6, 6.07) is 8.63. The van der Waals surface area contributed by atoms with Crippen molar-refractivity contribution in [3.8, 4) is 5.75 Å². The highest BCUT2D eigenvalue weighted by Gasteiger charge is 2.40. The van der Waals surface area contributed by atoms with Crippen molar-refractivity contribution in [2.75, 3.05) is 18.5 Å². The Morgan fingerprint density at radius 2 is 1.81 bits per heavy atom. The number of benzene rings is 1. The fourth-order valence-electron chi connectivity index (χ4n) is 3.15. The van der Waals surface area contributed by atoms with Crippen LogP contribution < -0.4 is 10.1 Å². The molecule has 1 aromatic carbocycles. The monoisotopic (exact) mass is 291 g/mol. The molecule has 1 heterocycles. The smallest absolute Gasteiger partial charge is 0.168 e. The van der Waals surface area contributed by atoms with Crippen molar-refractivity contribution in [1.29, 1.82) is 0 Å². The van der Waals surface area contributed by atoms with Gasteiger partial charge < -0.3 is 19.5 Å². The molecule has 1 N–H and O–H groups in total. The summed E-state index contributed by atoms with van der Waals surface area (Å²) in [5.41, 5.74) is 1.08. The van der Waals surface area contributed by atoms with Gasteiger partial charge in [-0.05, 0) is 38.8 Å². The van der Waals surface area contributed by atoms with Gasteiger partial charge in [-0.2, -0.15) is 0 Å². The lowest BCUT2D eigenvalue weighted by molar-refractivity contribution is -0.177. The molecule has 1 aliphatic heterocycles. The topological polar surface area (TPSA) is 39.7 Å². The van der Waals surface area contributed by atoms with Crippen LogP contribution in [0.4, 0.5) is 5.69 Å². The predicted molar refractivity (Wildman–Crippen MR) is 82.7 cm³/mol. The summed E-state index contributed by atoms with van der Waals surface area (Å²) in [5, 5.41) is 3.63. The van der Waals surface area contributed by atoms with E-state index in [9.17, 15) is 0 Å². The van der Waals surface area contributed by atoms with E-state index in [1.54, 1.807) is 0 Å². The lowest BCUT2D eigenvalue weighted by Crippen LogP contribution is -2.39. The number of nitrogens with one attached hydrogen (secondary N) is 1. The number of anilines is 1. The molecule has 2 aliphatic rings. The Bertz CT molecular complexity index is 459. The summed E-state index contributed by atoms with van der Waals surface area (Å²) in [4.78, 5) is 0. The highest BCUT2D eigenvalue weighted by atomic mass is 16.7. The van der Waals surface area contributed by atoms with Gasteiger partial charge in [0.05, 0.1) is 25.0 Å². The van der Waals surface area contributed by atoms with Crippen LogP contribution in [-0.4, -0.2) is 31.1 Å². The molecule has 2 fully saturated rings. The van der Waals surface area contributed by atoms with Crippen LogP contribution in [0.5, 0.6) is 5.75 Å². The second-order valence-electron chi connectivity index (χ2n) is 6.19. The van der Waals surface area contributed by atoms with Crippen LogP contribution in [0.25, 0.3) is 0 Å². The van der Waals surface area contributed by atoms with Crippen LogP contribution >= 0.6 is 0 Å². The molecule has 0 atom stereocenters. The Balaban J connectivity index is 1.60. The van der Waals surface area contributed by atoms with Crippen molar-refractivity contribution in [3.05, 3.63) is 24.3 Å². The Morgan fingerprint density at radius 1 is 1.14 bits per heavy atom. The summed E-state index contributed by atoms with van der Waals surface area (Å²) in [7, 11) is 0. The average molecular weight is 291 g/mol. The van der Waals surface area contributed by atoms with Crippen molar-refractivity contribution in [2.45, 2.75) is 57.5 Å². The Labute approximate surface area is 126 Å². The number of rotatable bonds is 4. The van der Waals surface area contributed by atoms with Crippen LogP contribution in [0.15, 0.2) is 24.3 Å². The van der Waals surface area contributed by atoms with Gasteiger partial charge in [0.2, 0.25) is 0 Å². The first-order valence-electron chi connectivity index (χ1n) is 7.97. The van der Waals surface area contributed by atoms with E-state index in [1.807, 2.05) is 18.2 Å². The molecule has 0 radical (unpaired) electrons. The molecular formula is C17H25NO3. The van der Waals surface area contributed by atoms with E-state index < -0.39 is 0 Å². The molecule has 1 aliphatic carbocycles. The first-order valence-corrected chi connectivity index (χ1v) is 7.97. The molecule has 0 bridgehead atoms. The van der Waals surface area contributed by atoms with Gasteiger partial charge >= 0.3 is 0 Å². The molecule has 1 aromatic rings. The standard InChI is InChI=1S/C17H25NO3/c1-13(2)21-16-6-4-3-5-15(16)18-14-7-9-17(10-8-14)19-11-12-20-17/h3-6,13-14,18H,7-12H2,1-2H3. The Hall–Kier alpha value is -1.26. The van der Waals surface area contributed by atoms with Crippen LogP contribution in [0.1, 0.15) is 39.5 Å². The molecule has 1 saturated heterocycles. The van der Waals surface area contributed by atoms with Crippen molar-refractivity contribution in [2.24, 2.45) is 0 Å². The van der Waals surface area contributed by atoms with E-state index in [2.05, 4.69) is 25.2 Å². The van der Waals surface area contributed by atoms with Gasteiger partial charge in [0.15, 0.2) is 5.79 Å². The predicted octanol–water partition coefficient (Wildman–Crippen LogP) is 3.57. The van der Waals surface area contributed by atoms with Crippen molar-refractivity contribution >= 4 is 5.69 Å². The van der Waals surface area contributed by atoms with E-state index in [4.69, 9.17) is 14.2 Å². The normalized spacial score (nSPS) is 21.9. The maximum atomic E-state index is 5.87. The van der Waals surface area contributed by atoms with Gasteiger partial charge in [-0.25, -0.2) is 0 Å². The largest absolute Gasteiger partial charge is 0.489 e. The van der Waals surface area contributed by atoms with Crippen molar-refractivity contribution < 1.29 is 14.2 Å². The van der Waals surface area contributed by atoms with E-state index >= 15 is 0 Å². The minimum absolute atomic E-state index is 0.183. The second-order valence-corrected chi connectivity index (χ2v) is 6.19. The second kappa shape index (κ2) is 6.24. The van der Waals surface area contributed by atoms with Crippen LogP contribution in [0, 0.1) is 0 Å². The van der Waals surface area contributed by atoms with Crippen LogP contribution in [-0.2, 0) is 9.47 Å². The molecule has 3 rings (SSSR count). The molecular weight excluding hydrogens is 266 g/mol. The summed E-state index contributed by atoms with van der Waals surface area (Å²) < 4.78 is 17.4. The lowest BCUT2D eigenvalue weighted by atomic mass is 9.90. The zero-order chi connectivity index (χ0) is 14.7. The lowest BCUT2D eigenvalue weighted by Gasteiger charge is -2.36. The number of ether oxygens (including phenoxy) is 3. The van der Waals surface area contributed by atoms with Gasteiger partial charge in [0, 0.05) is 18.9 Å². The quantitative estimate of drug-likeness (QED) is 0.920. The third-order valence-electron chi connectivity index (χ3n) is 4.17. The number of hydrogen-bond donors (Lipinski definition) is 1. The zero-order valence-electron chi connectivity index (χ0n) is 12.9. The third kappa shape index (κ3) is 3.50. The molecule has 116 valence electrons. The van der Waals surface area contributed by atoms with E-state index in [0.717, 1.165) is 50.3 Å². The van der Waals surface area contributed by atoms with E-state index in [1.165, 1.54) is 0 Å². The van der Waals surface area contributed by atoms with Crippen molar-refractivity contribution in [1.82, 2.24) is 0 Å². The minimum atomic E-state index is -0.286. The molecule has 4 heteroatoms. The SMILES string of the molecule is CC(C)Oc1ccccc1NC1CCC2(CC1)OCCO2. The molecule has 0 unspecified atom stereocenters. The molecule has 1 spiro atoms. The molecule has 4 nitrogen and oxygen atoms in total. The molecule has 0 aromatic heterocycles. The highest BCUT2D eigenvalue weighted by molar-refractivity contribution is 5.56. The highest BCUT2D eigenvalue weighted by Crippen LogP contribution is 2.37. The fourth-order valence-corrected chi connectivity index (χ4v) is 3.15. The summed E-state index contributed by atoms with van der Waals surface area (Å²) in [5.74, 6) is 0.646. The number of hydrogen-bond acceptors (Lipinski definition) is 4. The molecule has 21 heavy (non-hydrogen) atoms. The summed E-state index contributed by atoms with van der Waals surface area (Å²) in [6.07, 6.45) is 4.25. The van der Waals surface area contributed by atoms with Crippen LogP contribution in [0.2, 0.25) is 0 Å². The molecule has 0 amide bonds. The average Bonchev–Trinajstić information content (AvgIpc) is 2.92. The van der Waals surface area contributed by atoms with Crippen molar-refractivity contribution in [3.63, 3.8) is 0 Å². The minimum Gasteiger partial charge on any atom is -0.489 e. The van der Waals surface area contributed by atoms with Gasteiger partial charge in [-0.3, -0.25) is 0 Å². The maximum Gasteiger partial charge on any atom is 0.168 e. The Morgan fingerprint density at radius 3 is 2.48 bits per heavy atom. The summed E-state index contributed by atoms with van der Waals surface area (Å²) in [6.45, 7) is 5.58. The molecule has 1 saturated carbocycles. The van der Waals surface area contributed by atoms with Gasteiger partial charge in [-0.1, -0.05) is 12.1 Å². The zero-order valence-corrected chi connectivity index (χ0v) is 12.9. The first-order chi connectivity index (χ1) is 10.2. The van der Waals surface area contributed by atoms with Gasteiger partial charge in [0.1, 0.15) is 5.75 Å². The van der Waals surface area contributed by atoms with E-state index in [-0.39, 0.29) is 11.9 Å². The van der Waals surface area contributed by atoms with Crippen LogP contribution in [0.3, 0.4) is 0 Å². The summed E-state index contributed by atoms with van der Waals surface area (Å²) >= 11 is 0. The third-order valence-corrected chi connectivity index (χ3v) is 4.17. The first kappa shape index (κ1) is 14.7. The number of para-hydroxylation sites is 2. The van der Waals surface area contributed by atoms with E-state index in [0.29, 0.717) is 6.04 Å². The fraction of sp³-hybridized carbons (Fsp3) is 0.647. The Kier molecular flexibility index (Phi) is 4.36. The van der Waals surface area contributed by atoms with Gasteiger partial charge in [-0.15, -0.1) is 0 Å². The van der Waals surface area contributed by atoms with Gasteiger partial charge in [0.25, 0.3) is 0 Å².